The molecule has 4 nitrogen and oxygen atoms in total. The van der Waals surface area contributed by atoms with Crippen LogP contribution in [0.2, 0.25) is 0 Å². The van der Waals surface area contributed by atoms with Gasteiger partial charge in [-0.15, -0.1) is 0 Å². The largest absolute Gasteiger partial charge is 0.316 e. The molecular formula is C15H12N2O2. The lowest BCUT2D eigenvalue weighted by atomic mass is 10.1. The summed E-state index contributed by atoms with van der Waals surface area (Å²) in [6.07, 6.45) is 3.92. The summed E-state index contributed by atoms with van der Waals surface area (Å²) < 4.78 is 2.05. The van der Waals surface area contributed by atoms with E-state index >= 15 is 0 Å². The number of non-ortho nitro benzene ring substituents is 1. The quantitative estimate of drug-likeness (QED) is 0.507. The molecule has 0 aliphatic rings. The number of nitro benzene ring substituents is 1. The second-order valence-corrected chi connectivity index (χ2v) is 4.33. The third-order valence-electron chi connectivity index (χ3n) is 3.20. The SMILES string of the molecule is C/C=C\n1c2ccccc2c2cc([N+](=O)[O-])ccc21. The van der Waals surface area contributed by atoms with Crippen molar-refractivity contribution in [1.29, 1.82) is 0 Å². The molecule has 0 fully saturated rings. The third kappa shape index (κ3) is 1.69. The lowest BCUT2D eigenvalue weighted by Gasteiger charge is -1.99. The highest BCUT2D eigenvalue weighted by molar-refractivity contribution is 6.10. The Hall–Kier alpha value is -2.62. The van der Waals surface area contributed by atoms with E-state index in [9.17, 15) is 10.1 Å². The normalized spacial score (nSPS) is 11.6. The highest BCUT2D eigenvalue weighted by Gasteiger charge is 2.12. The van der Waals surface area contributed by atoms with Crippen molar-refractivity contribution < 1.29 is 4.92 Å². The molecule has 0 bridgehead atoms. The van der Waals surface area contributed by atoms with Crippen molar-refractivity contribution >= 4 is 33.7 Å². The maximum Gasteiger partial charge on any atom is 0.270 e. The van der Waals surface area contributed by atoms with E-state index in [0.29, 0.717) is 0 Å². The molecule has 0 spiro atoms. The van der Waals surface area contributed by atoms with Crippen LogP contribution in [0.25, 0.3) is 28.0 Å². The van der Waals surface area contributed by atoms with Crippen LogP contribution in [-0.2, 0) is 0 Å². The molecule has 0 atom stereocenters. The minimum atomic E-state index is -0.360. The highest BCUT2D eigenvalue weighted by Crippen LogP contribution is 2.31. The number of rotatable bonds is 2. The molecule has 94 valence electrons. The summed E-state index contributed by atoms with van der Waals surface area (Å²) in [4.78, 5) is 10.5. The molecule has 2 aromatic carbocycles. The van der Waals surface area contributed by atoms with Gasteiger partial charge < -0.3 is 4.57 Å². The van der Waals surface area contributed by atoms with Crippen molar-refractivity contribution in [2.24, 2.45) is 0 Å². The summed E-state index contributed by atoms with van der Waals surface area (Å²) in [7, 11) is 0. The second-order valence-electron chi connectivity index (χ2n) is 4.33. The lowest BCUT2D eigenvalue weighted by Crippen LogP contribution is -1.88. The van der Waals surface area contributed by atoms with E-state index in [-0.39, 0.29) is 10.6 Å². The average Bonchev–Trinajstić information content (AvgIpc) is 2.74. The van der Waals surface area contributed by atoms with E-state index in [4.69, 9.17) is 0 Å². The molecule has 0 saturated heterocycles. The van der Waals surface area contributed by atoms with Gasteiger partial charge in [-0.05, 0) is 19.1 Å². The number of benzene rings is 2. The van der Waals surface area contributed by atoms with Gasteiger partial charge in [0.2, 0.25) is 0 Å². The number of hydrogen-bond donors (Lipinski definition) is 0. The molecule has 1 heterocycles. The summed E-state index contributed by atoms with van der Waals surface area (Å²) in [5.74, 6) is 0. The van der Waals surface area contributed by atoms with Gasteiger partial charge >= 0.3 is 0 Å². The second kappa shape index (κ2) is 4.24. The van der Waals surface area contributed by atoms with Crippen LogP contribution in [-0.4, -0.2) is 9.49 Å². The monoisotopic (exact) mass is 252 g/mol. The molecule has 0 amide bonds. The Morgan fingerprint density at radius 3 is 2.58 bits per heavy atom. The maximum absolute atomic E-state index is 10.9. The van der Waals surface area contributed by atoms with Crippen LogP contribution in [0.15, 0.2) is 48.5 Å². The Bertz CT molecular complexity index is 815. The topological polar surface area (TPSA) is 48.1 Å². The minimum absolute atomic E-state index is 0.121. The number of nitro groups is 1. The Kier molecular flexibility index (Phi) is 2.56. The van der Waals surface area contributed by atoms with Gasteiger partial charge in [0, 0.05) is 29.1 Å². The van der Waals surface area contributed by atoms with Crippen molar-refractivity contribution in [2.75, 3.05) is 0 Å². The van der Waals surface area contributed by atoms with Gasteiger partial charge in [0.1, 0.15) is 0 Å². The van der Waals surface area contributed by atoms with Crippen LogP contribution in [0.3, 0.4) is 0 Å². The fraction of sp³-hybridized carbons (Fsp3) is 0.0667. The zero-order valence-corrected chi connectivity index (χ0v) is 10.4. The predicted octanol–water partition coefficient (Wildman–Crippen LogP) is 4.19. The van der Waals surface area contributed by atoms with Crippen molar-refractivity contribution in [3.05, 3.63) is 58.7 Å². The Morgan fingerprint density at radius 1 is 1.11 bits per heavy atom. The number of nitrogens with zero attached hydrogens (tertiary/aromatic N) is 2. The van der Waals surface area contributed by atoms with Gasteiger partial charge in [-0.2, -0.15) is 0 Å². The van der Waals surface area contributed by atoms with Gasteiger partial charge in [-0.3, -0.25) is 10.1 Å². The Balaban J connectivity index is 2.48. The first-order valence-corrected chi connectivity index (χ1v) is 6.02. The standard InChI is InChI=1S/C15H12N2O2/c1-2-9-16-14-6-4-3-5-12(14)13-10-11(17(18)19)7-8-15(13)16/h2-10H,1H3/b9-2-. The van der Waals surface area contributed by atoms with E-state index in [1.807, 2.05) is 48.0 Å². The number of hydrogen-bond acceptors (Lipinski definition) is 2. The maximum atomic E-state index is 10.9. The highest BCUT2D eigenvalue weighted by atomic mass is 16.6. The van der Waals surface area contributed by atoms with Crippen molar-refractivity contribution in [1.82, 2.24) is 4.57 Å². The molecule has 0 unspecified atom stereocenters. The molecule has 0 radical (unpaired) electrons. The number of allylic oxidation sites excluding steroid dienone is 1. The van der Waals surface area contributed by atoms with Crippen LogP contribution in [0.5, 0.6) is 0 Å². The molecule has 0 aliphatic heterocycles. The first kappa shape index (κ1) is 11.5. The summed E-state index contributed by atoms with van der Waals surface area (Å²) in [5, 5.41) is 12.8. The fourth-order valence-electron chi connectivity index (χ4n) is 2.41. The molecule has 19 heavy (non-hydrogen) atoms. The number of aromatic nitrogens is 1. The molecular weight excluding hydrogens is 240 g/mol. The number of fused-ring (bicyclic) bond motifs is 3. The first-order chi connectivity index (χ1) is 9.22. The van der Waals surface area contributed by atoms with E-state index < -0.39 is 0 Å². The smallest absolute Gasteiger partial charge is 0.270 e. The van der Waals surface area contributed by atoms with Gasteiger partial charge in [0.15, 0.2) is 0 Å². The Labute approximate surface area is 109 Å². The van der Waals surface area contributed by atoms with E-state index in [1.54, 1.807) is 18.2 Å². The predicted molar refractivity (Wildman–Crippen MR) is 77.1 cm³/mol. The summed E-state index contributed by atoms with van der Waals surface area (Å²) >= 11 is 0. The minimum Gasteiger partial charge on any atom is -0.316 e. The molecule has 1 aromatic heterocycles. The zero-order chi connectivity index (χ0) is 13.4. The summed E-state index contributed by atoms with van der Waals surface area (Å²) in [6.45, 7) is 1.95. The zero-order valence-electron chi connectivity index (χ0n) is 10.4. The van der Waals surface area contributed by atoms with Crippen molar-refractivity contribution in [2.45, 2.75) is 6.92 Å². The third-order valence-corrected chi connectivity index (χ3v) is 3.20. The van der Waals surface area contributed by atoms with Crippen molar-refractivity contribution in [3.63, 3.8) is 0 Å². The summed E-state index contributed by atoms with van der Waals surface area (Å²) in [6, 6.07) is 12.9. The van der Waals surface area contributed by atoms with Crippen LogP contribution >= 0.6 is 0 Å². The van der Waals surface area contributed by atoms with Crippen LogP contribution < -0.4 is 0 Å². The average molecular weight is 252 g/mol. The van der Waals surface area contributed by atoms with Gasteiger partial charge in [0.25, 0.3) is 5.69 Å². The van der Waals surface area contributed by atoms with E-state index in [0.717, 1.165) is 21.8 Å². The number of para-hydroxylation sites is 1. The van der Waals surface area contributed by atoms with Gasteiger partial charge in [-0.25, -0.2) is 0 Å². The molecule has 0 N–H and O–H groups in total. The Morgan fingerprint density at radius 2 is 1.84 bits per heavy atom. The molecule has 0 aliphatic carbocycles. The van der Waals surface area contributed by atoms with Gasteiger partial charge in [-0.1, -0.05) is 24.3 Å². The molecule has 3 rings (SSSR count). The van der Waals surface area contributed by atoms with Crippen LogP contribution in [0.4, 0.5) is 5.69 Å². The lowest BCUT2D eigenvalue weighted by molar-refractivity contribution is -0.384. The first-order valence-electron chi connectivity index (χ1n) is 6.02. The van der Waals surface area contributed by atoms with E-state index in [1.165, 1.54) is 0 Å². The van der Waals surface area contributed by atoms with Crippen LogP contribution in [0, 0.1) is 10.1 Å². The molecule has 0 saturated carbocycles. The van der Waals surface area contributed by atoms with Crippen LogP contribution in [0.1, 0.15) is 6.92 Å². The molecule has 3 aromatic rings. The molecule has 4 heteroatoms. The fourth-order valence-corrected chi connectivity index (χ4v) is 2.41. The van der Waals surface area contributed by atoms with E-state index in [2.05, 4.69) is 0 Å². The van der Waals surface area contributed by atoms with Crippen molar-refractivity contribution in [3.8, 4) is 0 Å². The van der Waals surface area contributed by atoms with Gasteiger partial charge in [0.05, 0.1) is 16.0 Å². The summed E-state index contributed by atoms with van der Waals surface area (Å²) in [5.41, 5.74) is 2.15.